The lowest BCUT2D eigenvalue weighted by Crippen LogP contribution is -2.20. The van der Waals surface area contributed by atoms with Crippen LogP contribution in [0.15, 0.2) is 18.2 Å². The van der Waals surface area contributed by atoms with Crippen molar-refractivity contribution in [1.82, 2.24) is 5.32 Å². The highest BCUT2D eigenvalue weighted by Crippen LogP contribution is 2.28. The van der Waals surface area contributed by atoms with E-state index >= 15 is 0 Å². The first-order valence-electron chi connectivity index (χ1n) is 5.46. The summed E-state index contributed by atoms with van der Waals surface area (Å²) in [5.41, 5.74) is 1.03. The smallest absolute Gasteiger partial charge is 0.124 e. The molecule has 0 spiro atoms. The van der Waals surface area contributed by atoms with Gasteiger partial charge in [-0.25, -0.2) is 4.39 Å². The minimum atomic E-state index is -0.266. The molecule has 15 heavy (non-hydrogen) atoms. The van der Waals surface area contributed by atoms with Crippen LogP contribution in [-0.2, 0) is 0 Å². The van der Waals surface area contributed by atoms with E-state index in [0.29, 0.717) is 11.1 Å². The molecule has 1 aromatic carbocycles. The first-order valence-corrected chi connectivity index (χ1v) is 5.83. The van der Waals surface area contributed by atoms with Crippen molar-refractivity contribution in [2.75, 3.05) is 6.54 Å². The SMILES string of the molecule is Fc1ccc(C2CCCCCN2)c(Cl)c1. The summed E-state index contributed by atoms with van der Waals surface area (Å²) < 4.78 is 12.9. The summed E-state index contributed by atoms with van der Waals surface area (Å²) >= 11 is 6.04. The summed E-state index contributed by atoms with van der Waals surface area (Å²) in [7, 11) is 0. The highest BCUT2D eigenvalue weighted by Gasteiger charge is 2.16. The van der Waals surface area contributed by atoms with Gasteiger partial charge >= 0.3 is 0 Å². The molecular weight excluding hydrogens is 213 g/mol. The Kier molecular flexibility index (Phi) is 3.60. The lowest BCUT2D eigenvalue weighted by Gasteiger charge is -2.17. The zero-order chi connectivity index (χ0) is 10.7. The average Bonchev–Trinajstić information content (AvgIpc) is 2.46. The van der Waals surface area contributed by atoms with Gasteiger partial charge in [0.25, 0.3) is 0 Å². The molecule has 0 aliphatic carbocycles. The fraction of sp³-hybridized carbons (Fsp3) is 0.500. The molecule has 1 heterocycles. The largest absolute Gasteiger partial charge is 0.310 e. The number of benzene rings is 1. The zero-order valence-electron chi connectivity index (χ0n) is 8.60. The van der Waals surface area contributed by atoms with E-state index in [1.165, 1.54) is 31.4 Å². The maximum atomic E-state index is 12.9. The molecule has 0 amide bonds. The Balaban J connectivity index is 2.19. The number of rotatable bonds is 1. The van der Waals surface area contributed by atoms with Crippen molar-refractivity contribution in [2.45, 2.75) is 31.7 Å². The third-order valence-corrected chi connectivity index (χ3v) is 3.23. The van der Waals surface area contributed by atoms with Crippen LogP contribution in [0.1, 0.15) is 37.3 Å². The predicted octanol–water partition coefficient (Wildman–Crippen LogP) is 3.68. The van der Waals surface area contributed by atoms with E-state index in [4.69, 9.17) is 11.6 Å². The number of hydrogen-bond donors (Lipinski definition) is 1. The molecule has 0 saturated carbocycles. The van der Waals surface area contributed by atoms with Crippen molar-refractivity contribution in [3.63, 3.8) is 0 Å². The van der Waals surface area contributed by atoms with Crippen molar-refractivity contribution in [3.8, 4) is 0 Å². The number of nitrogens with one attached hydrogen (secondary N) is 1. The first-order chi connectivity index (χ1) is 7.27. The lowest BCUT2D eigenvalue weighted by atomic mass is 10.0. The maximum Gasteiger partial charge on any atom is 0.124 e. The first kappa shape index (κ1) is 10.9. The molecule has 2 rings (SSSR count). The van der Waals surface area contributed by atoms with E-state index in [2.05, 4.69) is 5.32 Å². The van der Waals surface area contributed by atoms with Gasteiger partial charge < -0.3 is 5.32 Å². The number of halogens is 2. The Labute approximate surface area is 94.6 Å². The van der Waals surface area contributed by atoms with Gasteiger partial charge in [0.15, 0.2) is 0 Å². The molecular formula is C12H15ClFN. The van der Waals surface area contributed by atoms with Crippen LogP contribution in [0.2, 0.25) is 5.02 Å². The van der Waals surface area contributed by atoms with Crippen molar-refractivity contribution in [2.24, 2.45) is 0 Å². The van der Waals surface area contributed by atoms with E-state index in [1.807, 2.05) is 0 Å². The van der Waals surface area contributed by atoms with Crippen molar-refractivity contribution in [1.29, 1.82) is 0 Å². The molecule has 82 valence electrons. The Bertz CT molecular complexity index is 332. The summed E-state index contributed by atoms with van der Waals surface area (Å²) in [6, 6.07) is 4.96. The second-order valence-corrected chi connectivity index (χ2v) is 4.43. The van der Waals surface area contributed by atoms with E-state index in [9.17, 15) is 4.39 Å². The normalized spacial score (nSPS) is 22.4. The maximum absolute atomic E-state index is 12.9. The van der Waals surface area contributed by atoms with Crippen LogP contribution in [0.5, 0.6) is 0 Å². The molecule has 1 atom stereocenters. The van der Waals surface area contributed by atoms with Crippen LogP contribution >= 0.6 is 11.6 Å². The van der Waals surface area contributed by atoms with E-state index in [0.717, 1.165) is 18.5 Å². The summed E-state index contributed by atoms with van der Waals surface area (Å²) in [6.45, 7) is 1.03. The van der Waals surface area contributed by atoms with Crippen LogP contribution in [0.3, 0.4) is 0 Å². The number of hydrogen-bond acceptors (Lipinski definition) is 1. The zero-order valence-corrected chi connectivity index (χ0v) is 9.36. The fourth-order valence-electron chi connectivity index (χ4n) is 2.08. The van der Waals surface area contributed by atoms with Gasteiger partial charge in [-0.2, -0.15) is 0 Å². The standard InChI is InChI=1S/C12H15ClFN/c13-11-8-9(14)5-6-10(11)12-4-2-1-3-7-15-12/h5-6,8,12,15H,1-4,7H2. The van der Waals surface area contributed by atoms with Gasteiger partial charge in [0.05, 0.1) is 0 Å². The minimum absolute atomic E-state index is 0.266. The highest BCUT2D eigenvalue weighted by atomic mass is 35.5. The Morgan fingerprint density at radius 2 is 2.13 bits per heavy atom. The van der Waals surface area contributed by atoms with Crippen LogP contribution in [0.4, 0.5) is 4.39 Å². The Morgan fingerprint density at radius 3 is 2.93 bits per heavy atom. The van der Waals surface area contributed by atoms with Gasteiger partial charge in [-0.3, -0.25) is 0 Å². The monoisotopic (exact) mass is 227 g/mol. The molecule has 1 saturated heterocycles. The third-order valence-electron chi connectivity index (χ3n) is 2.90. The molecule has 1 nitrogen and oxygen atoms in total. The van der Waals surface area contributed by atoms with Gasteiger partial charge in [-0.15, -0.1) is 0 Å². The molecule has 0 aromatic heterocycles. The Morgan fingerprint density at radius 1 is 1.27 bits per heavy atom. The van der Waals surface area contributed by atoms with E-state index in [-0.39, 0.29) is 5.82 Å². The van der Waals surface area contributed by atoms with Crippen molar-refractivity contribution < 1.29 is 4.39 Å². The van der Waals surface area contributed by atoms with Crippen molar-refractivity contribution >= 4 is 11.6 Å². The van der Waals surface area contributed by atoms with Gasteiger partial charge in [-0.1, -0.05) is 30.5 Å². The molecule has 0 radical (unpaired) electrons. The minimum Gasteiger partial charge on any atom is -0.310 e. The van der Waals surface area contributed by atoms with E-state index in [1.54, 1.807) is 6.07 Å². The molecule has 1 aromatic rings. The summed E-state index contributed by atoms with van der Waals surface area (Å²) in [5.74, 6) is -0.266. The molecule has 1 aliphatic rings. The second kappa shape index (κ2) is 4.95. The molecule has 1 aliphatic heterocycles. The van der Waals surface area contributed by atoms with Crippen LogP contribution < -0.4 is 5.32 Å². The predicted molar refractivity (Wildman–Crippen MR) is 60.6 cm³/mol. The highest BCUT2D eigenvalue weighted by molar-refractivity contribution is 6.31. The Hall–Kier alpha value is -0.600. The van der Waals surface area contributed by atoms with E-state index < -0.39 is 0 Å². The molecule has 3 heteroatoms. The van der Waals surface area contributed by atoms with Crippen LogP contribution in [0.25, 0.3) is 0 Å². The van der Waals surface area contributed by atoms with Crippen molar-refractivity contribution in [3.05, 3.63) is 34.6 Å². The average molecular weight is 228 g/mol. The van der Waals surface area contributed by atoms with Gasteiger partial charge in [-0.05, 0) is 37.1 Å². The third kappa shape index (κ3) is 2.70. The molecule has 1 N–H and O–H groups in total. The fourth-order valence-corrected chi connectivity index (χ4v) is 2.38. The van der Waals surface area contributed by atoms with Crippen LogP contribution in [-0.4, -0.2) is 6.54 Å². The topological polar surface area (TPSA) is 12.0 Å². The lowest BCUT2D eigenvalue weighted by molar-refractivity contribution is 0.533. The summed E-state index contributed by atoms with van der Waals surface area (Å²) in [6.07, 6.45) is 4.79. The second-order valence-electron chi connectivity index (χ2n) is 4.02. The molecule has 0 bridgehead atoms. The van der Waals surface area contributed by atoms with Gasteiger partial charge in [0.2, 0.25) is 0 Å². The van der Waals surface area contributed by atoms with Gasteiger partial charge in [0, 0.05) is 11.1 Å². The molecule has 1 fully saturated rings. The summed E-state index contributed by atoms with van der Waals surface area (Å²) in [4.78, 5) is 0. The van der Waals surface area contributed by atoms with Gasteiger partial charge in [0.1, 0.15) is 5.82 Å². The van der Waals surface area contributed by atoms with Crippen LogP contribution in [0, 0.1) is 5.82 Å². The molecule has 1 unspecified atom stereocenters. The summed E-state index contributed by atoms with van der Waals surface area (Å²) in [5, 5.41) is 3.99. The quantitative estimate of drug-likeness (QED) is 0.772.